The van der Waals surface area contributed by atoms with Crippen molar-refractivity contribution in [3.8, 4) is 11.3 Å². The van der Waals surface area contributed by atoms with Gasteiger partial charge in [-0.05, 0) is 18.2 Å². The maximum Gasteiger partial charge on any atom is 0.374 e. The van der Waals surface area contributed by atoms with E-state index in [1.165, 1.54) is 6.07 Å². The Morgan fingerprint density at radius 2 is 2.05 bits per heavy atom. The van der Waals surface area contributed by atoms with Crippen molar-refractivity contribution in [1.29, 1.82) is 0 Å². The van der Waals surface area contributed by atoms with Crippen LogP contribution in [0.5, 0.6) is 0 Å². The number of halogens is 1. The number of nitrogens with zero attached hydrogens (tertiary/aromatic N) is 1. The van der Waals surface area contributed by atoms with Crippen LogP contribution < -0.4 is 0 Å². The normalized spacial score (nSPS) is 11.5. The van der Waals surface area contributed by atoms with Crippen LogP contribution in [0.15, 0.2) is 33.7 Å². The predicted octanol–water partition coefficient (Wildman–Crippen LogP) is 1.58. The van der Waals surface area contributed by atoms with Crippen molar-refractivity contribution in [2.75, 3.05) is 6.26 Å². The zero-order valence-corrected chi connectivity index (χ0v) is 10.4. The van der Waals surface area contributed by atoms with Crippen molar-refractivity contribution in [3.05, 3.63) is 35.8 Å². The third-order valence-electron chi connectivity index (χ3n) is 2.35. The van der Waals surface area contributed by atoms with E-state index in [1.807, 2.05) is 0 Å². The molecule has 0 saturated carbocycles. The number of hydrogen-bond donors (Lipinski definition) is 1. The highest BCUT2D eigenvalue weighted by molar-refractivity contribution is 7.90. The fraction of sp³-hybridized carbons (Fsp3) is 0.0909. The van der Waals surface area contributed by atoms with E-state index in [1.54, 1.807) is 0 Å². The van der Waals surface area contributed by atoms with Gasteiger partial charge < -0.3 is 9.63 Å². The molecule has 0 aliphatic rings. The van der Waals surface area contributed by atoms with Gasteiger partial charge in [0, 0.05) is 17.9 Å². The van der Waals surface area contributed by atoms with Gasteiger partial charge in [0.2, 0.25) is 5.76 Å². The second-order valence-electron chi connectivity index (χ2n) is 3.80. The zero-order chi connectivity index (χ0) is 14.2. The van der Waals surface area contributed by atoms with Gasteiger partial charge >= 0.3 is 5.97 Å². The maximum absolute atomic E-state index is 13.4. The van der Waals surface area contributed by atoms with E-state index in [9.17, 15) is 17.6 Å². The Morgan fingerprint density at radius 1 is 1.37 bits per heavy atom. The Kier molecular flexibility index (Phi) is 3.11. The topological polar surface area (TPSA) is 97.5 Å². The molecule has 1 aromatic carbocycles. The lowest BCUT2D eigenvalue weighted by Crippen LogP contribution is -2.01. The molecule has 1 heterocycles. The molecule has 2 rings (SSSR count). The highest BCUT2D eigenvalue weighted by Gasteiger charge is 2.17. The van der Waals surface area contributed by atoms with Crippen LogP contribution in [0.25, 0.3) is 11.3 Å². The fourth-order valence-corrected chi connectivity index (χ4v) is 2.22. The average Bonchev–Trinajstić information content (AvgIpc) is 2.77. The standard InChI is InChI=1S/C11H8FNO5S/c1-19(16,17)10-4-6(2-3-7(10)12)8-5-9(11(14)15)18-13-8/h2-5H,1H3,(H,14,15). The summed E-state index contributed by atoms with van der Waals surface area (Å²) >= 11 is 0. The van der Waals surface area contributed by atoms with Crippen molar-refractivity contribution in [2.45, 2.75) is 4.90 Å². The van der Waals surface area contributed by atoms with Crippen LogP contribution in [-0.2, 0) is 9.84 Å². The van der Waals surface area contributed by atoms with Crippen LogP contribution in [0.3, 0.4) is 0 Å². The number of sulfone groups is 1. The molecule has 8 heteroatoms. The lowest BCUT2D eigenvalue weighted by molar-refractivity contribution is 0.0652. The predicted molar refractivity (Wildman–Crippen MR) is 62.0 cm³/mol. The number of carboxylic acid groups (broad SMARTS) is 1. The van der Waals surface area contributed by atoms with Crippen LogP contribution in [-0.4, -0.2) is 30.9 Å². The first kappa shape index (κ1) is 13.2. The van der Waals surface area contributed by atoms with E-state index in [2.05, 4.69) is 9.68 Å². The molecule has 19 heavy (non-hydrogen) atoms. The minimum absolute atomic E-state index is 0.113. The summed E-state index contributed by atoms with van der Waals surface area (Å²) in [7, 11) is -3.72. The molecular formula is C11H8FNO5S. The summed E-state index contributed by atoms with van der Waals surface area (Å²) < 4.78 is 40.7. The lowest BCUT2D eigenvalue weighted by Gasteiger charge is -2.02. The molecule has 100 valence electrons. The highest BCUT2D eigenvalue weighted by atomic mass is 32.2. The Balaban J connectivity index is 2.54. The summed E-state index contributed by atoms with van der Waals surface area (Å²) in [5, 5.41) is 12.2. The number of hydrogen-bond acceptors (Lipinski definition) is 5. The molecule has 1 aromatic heterocycles. The lowest BCUT2D eigenvalue weighted by atomic mass is 10.1. The zero-order valence-electron chi connectivity index (χ0n) is 9.62. The number of aromatic carboxylic acids is 1. The molecule has 0 amide bonds. The van der Waals surface area contributed by atoms with Gasteiger partial charge in [-0.1, -0.05) is 5.16 Å². The molecule has 0 fully saturated rings. The molecule has 6 nitrogen and oxygen atoms in total. The van der Waals surface area contributed by atoms with E-state index in [0.29, 0.717) is 0 Å². The highest BCUT2D eigenvalue weighted by Crippen LogP contribution is 2.24. The molecule has 0 saturated heterocycles. The van der Waals surface area contributed by atoms with Crippen molar-refractivity contribution >= 4 is 15.8 Å². The van der Waals surface area contributed by atoms with Gasteiger partial charge in [0.1, 0.15) is 16.4 Å². The Hall–Kier alpha value is -2.22. The summed E-state index contributed by atoms with van der Waals surface area (Å²) in [6, 6.07) is 4.46. The van der Waals surface area contributed by atoms with Crippen LogP contribution in [0.2, 0.25) is 0 Å². The second-order valence-corrected chi connectivity index (χ2v) is 5.78. The Morgan fingerprint density at radius 3 is 2.58 bits per heavy atom. The van der Waals surface area contributed by atoms with Gasteiger partial charge in [-0.15, -0.1) is 0 Å². The number of benzene rings is 1. The number of carboxylic acids is 1. The molecule has 1 N–H and O–H groups in total. The molecule has 0 bridgehead atoms. The van der Waals surface area contributed by atoms with Gasteiger partial charge in [0.15, 0.2) is 9.84 Å². The van der Waals surface area contributed by atoms with Crippen molar-refractivity contribution in [3.63, 3.8) is 0 Å². The monoisotopic (exact) mass is 285 g/mol. The van der Waals surface area contributed by atoms with E-state index < -0.39 is 26.5 Å². The first-order valence-corrected chi connectivity index (χ1v) is 6.88. The van der Waals surface area contributed by atoms with Gasteiger partial charge in [0.25, 0.3) is 0 Å². The average molecular weight is 285 g/mol. The molecule has 2 aromatic rings. The quantitative estimate of drug-likeness (QED) is 0.919. The summed E-state index contributed by atoms with van der Waals surface area (Å²) in [5.41, 5.74) is 0.361. The fourth-order valence-electron chi connectivity index (χ4n) is 1.46. The first-order valence-electron chi connectivity index (χ1n) is 4.99. The third kappa shape index (κ3) is 2.63. The van der Waals surface area contributed by atoms with Crippen molar-refractivity contribution in [1.82, 2.24) is 5.16 Å². The minimum Gasteiger partial charge on any atom is -0.475 e. The summed E-state index contributed by atoms with van der Waals surface area (Å²) in [6.07, 6.45) is 0.876. The number of aromatic nitrogens is 1. The van der Waals surface area contributed by atoms with Crippen LogP contribution in [0.1, 0.15) is 10.6 Å². The smallest absolute Gasteiger partial charge is 0.374 e. The van der Waals surface area contributed by atoms with E-state index in [4.69, 9.17) is 5.11 Å². The van der Waals surface area contributed by atoms with Gasteiger partial charge in [-0.25, -0.2) is 17.6 Å². The summed E-state index contributed by atoms with van der Waals surface area (Å²) in [4.78, 5) is 10.2. The largest absolute Gasteiger partial charge is 0.475 e. The molecule has 0 unspecified atom stereocenters. The molecule has 0 spiro atoms. The van der Waals surface area contributed by atoms with E-state index in [-0.39, 0.29) is 17.0 Å². The SMILES string of the molecule is CS(=O)(=O)c1cc(-c2cc(C(=O)O)on2)ccc1F. The molecular weight excluding hydrogens is 277 g/mol. The van der Waals surface area contributed by atoms with Gasteiger partial charge in [-0.2, -0.15) is 0 Å². The van der Waals surface area contributed by atoms with Crippen LogP contribution in [0, 0.1) is 5.82 Å². The van der Waals surface area contributed by atoms with Crippen molar-refractivity contribution < 1.29 is 27.2 Å². The number of rotatable bonds is 3. The van der Waals surface area contributed by atoms with Crippen LogP contribution >= 0.6 is 0 Å². The summed E-state index contributed by atoms with van der Waals surface area (Å²) in [5.74, 6) is -2.57. The van der Waals surface area contributed by atoms with Crippen LogP contribution in [0.4, 0.5) is 4.39 Å². The molecule has 0 radical (unpaired) electrons. The van der Waals surface area contributed by atoms with Crippen molar-refractivity contribution in [2.24, 2.45) is 0 Å². The second kappa shape index (κ2) is 4.47. The number of carbonyl (C=O) groups is 1. The van der Waals surface area contributed by atoms with Gasteiger partial charge in [0.05, 0.1) is 0 Å². The van der Waals surface area contributed by atoms with E-state index in [0.717, 1.165) is 24.5 Å². The molecule has 0 aliphatic carbocycles. The Labute approximate surface area is 107 Å². The maximum atomic E-state index is 13.4. The summed E-state index contributed by atoms with van der Waals surface area (Å²) in [6.45, 7) is 0. The minimum atomic E-state index is -3.72. The van der Waals surface area contributed by atoms with Gasteiger partial charge in [-0.3, -0.25) is 0 Å². The molecule has 0 aliphatic heterocycles. The van der Waals surface area contributed by atoms with E-state index >= 15 is 0 Å². The first-order chi connectivity index (χ1) is 8.79. The third-order valence-corrected chi connectivity index (χ3v) is 3.46. The Bertz CT molecular complexity index is 750. The molecule has 0 atom stereocenters.